The van der Waals surface area contributed by atoms with Gasteiger partial charge in [-0.15, -0.1) is 0 Å². The molecule has 0 atom stereocenters. The highest BCUT2D eigenvalue weighted by molar-refractivity contribution is 6.00. The van der Waals surface area contributed by atoms with E-state index in [9.17, 15) is 0 Å². The van der Waals surface area contributed by atoms with E-state index in [1.54, 1.807) is 0 Å². The molecule has 0 bridgehead atoms. The van der Waals surface area contributed by atoms with Crippen LogP contribution in [0.1, 0.15) is 99.9 Å². The maximum absolute atomic E-state index is 2.54. The fraction of sp³-hybridized carbons (Fsp3) is 0.182. The third kappa shape index (κ3) is 6.73. The summed E-state index contributed by atoms with van der Waals surface area (Å²) in [6.45, 7) is 18.6. The Kier molecular flexibility index (Phi) is 9.94. The molecule has 11 rings (SSSR count). The molecular formula is C66H59N. The van der Waals surface area contributed by atoms with Gasteiger partial charge in [-0.1, -0.05) is 243 Å². The second-order valence-electron chi connectivity index (χ2n) is 21.3. The summed E-state index contributed by atoms with van der Waals surface area (Å²) in [5.74, 6) is 0. The van der Waals surface area contributed by atoms with Crippen LogP contribution in [-0.4, -0.2) is 0 Å². The van der Waals surface area contributed by atoms with Crippen LogP contribution >= 0.6 is 0 Å². The second-order valence-corrected chi connectivity index (χ2v) is 21.3. The number of fused-ring (bicyclic) bond motifs is 6. The van der Waals surface area contributed by atoms with Crippen LogP contribution in [0.15, 0.2) is 212 Å². The molecule has 0 fully saturated rings. The monoisotopic (exact) mass is 865 g/mol. The summed E-state index contributed by atoms with van der Waals surface area (Å²) >= 11 is 0. The van der Waals surface area contributed by atoms with E-state index in [0.717, 1.165) is 17.1 Å². The van der Waals surface area contributed by atoms with Crippen molar-refractivity contribution in [3.8, 4) is 44.5 Å². The summed E-state index contributed by atoms with van der Waals surface area (Å²) in [4.78, 5) is 2.54. The molecule has 0 saturated carbocycles. The first-order valence-electron chi connectivity index (χ1n) is 24.0. The van der Waals surface area contributed by atoms with Crippen molar-refractivity contribution in [2.75, 3.05) is 4.90 Å². The zero-order valence-electron chi connectivity index (χ0n) is 40.2. The Morgan fingerprint density at radius 2 is 0.806 bits per heavy atom. The molecule has 2 aliphatic carbocycles. The molecule has 2 aliphatic rings. The molecule has 67 heavy (non-hydrogen) atoms. The average molecular weight is 866 g/mol. The van der Waals surface area contributed by atoms with E-state index in [-0.39, 0.29) is 16.2 Å². The molecule has 328 valence electrons. The lowest BCUT2D eigenvalue weighted by molar-refractivity contribution is 0.588. The Labute approximate surface area is 398 Å². The van der Waals surface area contributed by atoms with Crippen molar-refractivity contribution in [3.05, 3.63) is 257 Å². The van der Waals surface area contributed by atoms with Crippen molar-refractivity contribution in [2.45, 2.75) is 77.0 Å². The molecule has 1 nitrogen and oxygen atoms in total. The van der Waals surface area contributed by atoms with Gasteiger partial charge >= 0.3 is 0 Å². The number of nitrogens with zero attached hydrogens (tertiary/aromatic N) is 1. The highest BCUT2D eigenvalue weighted by Gasteiger charge is 2.47. The molecule has 0 amide bonds. The molecular weight excluding hydrogens is 807 g/mol. The van der Waals surface area contributed by atoms with Crippen molar-refractivity contribution in [2.24, 2.45) is 0 Å². The van der Waals surface area contributed by atoms with E-state index in [2.05, 4.69) is 273 Å². The fourth-order valence-electron chi connectivity index (χ4n) is 11.4. The summed E-state index contributed by atoms with van der Waals surface area (Å²) in [7, 11) is 0. The van der Waals surface area contributed by atoms with Gasteiger partial charge in [0.15, 0.2) is 0 Å². The van der Waals surface area contributed by atoms with Crippen LogP contribution in [0.2, 0.25) is 0 Å². The minimum Gasteiger partial charge on any atom is -0.309 e. The summed E-state index contributed by atoms with van der Waals surface area (Å²) in [5, 5.41) is 0. The molecule has 0 spiro atoms. The molecule has 0 N–H and O–H groups in total. The molecule has 0 radical (unpaired) electrons. The first-order valence-corrected chi connectivity index (χ1v) is 24.0. The Morgan fingerprint density at radius 3 is 1.42 bits per heavy atom. The van der Waals surface area contributed by atoms with Gasteiger partial charge in [-0.05, 0) is 113 Å². The van der Waals surface area contributed by atoms with E-state index in [1.165, 1.54) is 89.0 Å². The van der Waals surface area contributed by atoms with Crippen molar-refractivity contribution in [1.82, 2.24) is 0 Å². The predicted molar refractivity (Wildman–Crippen MR) is 284 cm³/mol. The van der Waals surface area contributed by atoms with Gasteiger partial charge in [-0.2, -0.15) is 0 Å². The minimum absolute atomic E-state index is 0.0233. The van der Waals surface area contributed by atoms with Gasteiger partial charge in [0, 0.05) is 22.2 Å². The largest absolute Gasteiger partial charge is 0.309 e. The lowest BCUT2D eigenvalue weighted by Gasteiger charge is -2.36. The highest BCUT2D eigenvalue weighted by Crippen LogP contribution is 2.59. The quantitative estimate of drug-likeness (QED) is 0.154. The zero-order chi connectivity index (χ0) is 46.3. The lowest BCUT2D eigenvalue weighted by Crippen LogP contribution is -2.29. The Bertz CT molecular complexity index is 3260. The van der Waals surface area contributed by atoms with Gasteiger partial charge in [0.05, 0.1) is 16.8 Å². The van der Waals surface area contributed by atoms with Gasteiger partial charge < -0.3 is 4.90 Å². The number of benzene rings is 9. The summed E-state index contributed by atoms with van der Waals surface area (Å²) in [5.41, 5.74) is 23.2. The van der Waals surface area contributed by atoms with Crippen molar-refractivity contribution >= 4 is 17.1 Å². The van der Waals surface area contributed by atoms with Crippen molar-refractivity contribution in [3.63, 3.8) is 0 Å². The van der Waals surface area contributed by atoms with E-state index in [1.807, 2.05) is 0 Å². The van der Waals surface area contributed by atoms with Gasteiger partial charge in [0.1, 0.15) is 0 Å². The van der Waals surface area contributed by atoms with Crippen molar-refractivity contribution in [1.29, 1.82) is 0 Å². The summed E-state index contributed by atoms with van der Waals surface area (Å²) in [6, 6.07) is 80.3. The summed E-state index contributed by atoms with van der Waals surface area (Å²) in [6.07, 6.45) is 0. The molecule has 0 unspecified atom stereocenters. The SMILES string of the molecule is CC(C)(C)c1ccc(C2(c3ccc(C(C)(C)C)cc3)c3ccccc3-c3ccc(N(c4ccccc4-c4ccccc4)c4ccccc4-c4cccc5c4-c4ccccc4C5(C)C)cc32)cc1. The topological polar surface area (TPSA) is 3.24 Å². The zero-order valence-corrected chi connectivity index (χ0v) is 40.2. The number of hydrogen-bond donors (Lipinski definition) is 0. The van der Waals surface area contributed by atoms with Crippen LogP contribution in [0.5, 0.6) is 0 Å². The van der Waals surface area contributed by atoms with Gasteiger partial charge in [0.2, 0.25) is 0 Å². The van der Waals surface area contributed by atoms with Crippen LogP contribution in [0.4, 0.5) is 17.1 Å². The number of anilines is 3. The molecule has 0 saturated heterocycles. The number of hydrogen-bond acceptors (Lipinski definition) is 1. The molecule has 9 aromatic carbocycles. The maximum Gasteiger partial charge on any atom is 0.0714 e. The standard InChI is InChI=1S/C66H59N/c1-63(2,3)45-33-37-47(38-34-45)66(48-39-35-46(36-40-48)64(4,5)6)57-29-17-12-24-51(57)52-42-41-49(43-59(52)66)67(60-31-18-14-23-50(60)44-21-10-9-11-22-44)61-32-19-15-25-53(61)54-27-20-30-58-62(54)55-26-13-16-28-56(55)65(58,7)8/h9-43H,1-8H3. The minimum atomic E-state index is -0.589. The molecule has 1 heteroatoms. The smallest absolute Gasteiger partial charge is 0.0714 e. The van der Waals surface area contributed by atoms with Gasteiger partial charge in [-0.3, -0.25) is 0 Å². The summed E-state index contributed by atoms with van der Waals surface area (Å²) < 4.78 is 0. The maximum atomic E-state index is 2.54. The van der Waals surface area contributed by atoms with Crippen LogP contribution in [0.3, 0.4) is 0 Å². The number of para-hydroxylation sites is 2. The fourth-order valence-corrected chi connectivity index (χ4v) is 11.4. The number of rotatable bonds is 7. The molecule has 0 aromatic heterocycles. The third-order valence-electron chi connectivity index (χ3n) is 14.9. The molecule has 0 aliphatic heterocycles. The van der Waals surface area contributed by atoms with Crippen LogP contribution in [0.25, 0.3) is 44.5 Å². The first-order chi connectivity index (χ1) is 32.3. The van der Waals surface area contributed by atoms with Gasteiger partial charge in [-0.25, -0.2) is 0 Å². The van der Waals surface area contributed by atoms with E-state index in [0.29, 0.717) is 0 Å². The van der Waals surface area contributed by atoms with Crippen LogP contribution < -0.4 is 4.90 Å². The lowest BCUT2D eigenvalue weighted by atomic mass is 9.67. The third-order valence-corrected chi connectivity index (χ3v) is 14.9. The Hall–Kier alpha value is -7.22. The van der Waals surface area contributed by atoms with Crippen molar-refractivity contribution < 1.29 is 0 Å². The second kappa shape index (κ2) is 15.7. The van der Waals surface area contributed by atoms with E-state index < -0.39 is 5.41 Å². The normalized spacial score (nSPS) is 14.2. The average Bonchev–Trinajstić information content (AvgIpc) is 3.77. The predicted octanol–water partition coefficient (Wildman–Crippen LogP) is 17.8. The van der Waals surface area contributed by atoms with Gasteiger partial charge in [0.25, 0.3) is 0 Å². The Morgan fingerprint density at radius 1 is 0.343 bits per heavy atom. The molecule has 0 heterocycles. The highest BCUT2D eigenvalue weighted by atomic mass is 15.1. The van der Waals surface area contributed by atoms with E-state index >= 15 is 0 Å². The Balaban J connectivity index is 1.21. The van der Waals surface area contributed by atoms with E-state index in [4.69, 9.17) is 0 Å². The first kappa shape index (κ1) is 42.4. The molecule has 9 aromatic rings. The van der Waals surface area contributed by atoms with Crippen LogP contribution in [-0.2, 0) is 21.7 Å². The van der Waals surface area contributed by atoms with Crippen LogP contribution in [0, 0.1) is 0 Å².